The summed E-state index contributed by atoms with van der Waals surface area (Å²) < 4.78 is 5.66. The lowest BCUT2D eigenvalue weighted by atomic mass is 9.87. The molecule has 146 valence electrons. The monoisotopic (exact) mass is 491 g/mol. The third-order valence-corrected chi connectivity index (χ3v) is 5.81. The normalized spacial score (nSPS) is 24.0. The molecule has 2 aliphatic heterocycles. The van der Waals surface area contributed by atoms with E-state index in [0.29, 0.717) is 11.3 Å². The van der Waals surface area contributed by atoms with Crippen LogP contribution < -0.4 is 5.32 Å². The number of nitrogens with zero attached hydrogens (tertiary/aromatic N) is 2. The number of ether oxygens (including phenoxy) is 1. The summed E-state index contributed by atoms with van der Waals surface area (Å²) in [6.45, 7) is 10.0. The van der Waals surface area contributed by atoms with Crippen LogP contribution in [0.5, 0.6) is 0 Å². The summed E-state index contributed by atoms with van der Waals surface area (Å²) in [4.78, 5) is 7.40. The molecule has 1 aromatic rings. The van der Waals surface area contributed by atoms with Gasteiger partial charge in [-0.05, 0) is 43.9 Å². The van der Waals surface area contributed by atoms with Gasteiger partial charge in [-0.15, -0.1) is 24.0 Å². The van der Waals surface area contributed by atoms with Crippen molar-refractivity contribution >= 4 is 41.5 Å². The van der Waals surface area contributed by atoms with E-state index in [9.17, 15) is 0 Å². The molecule has 2 saturated heterocycles. The highest BCUT2D eigenvalue weighted by Crippen LogP contribution is 2.38. The molecule has 4 nitrogen and oxygen atoms in total. The molecular weight excluding hydrogens is 461 g/mol. The molecule has 2 atom stereocenters. The van der Waals surface area contributed by atoms with E-state index in [2.05, 4.69) is 36.2 Å². The van der Waals surface area contributed by atoms with E-state index in [1.165, 1.54) is 18.4 Å². The van der Waals surface area contributed by atoms with Gasteiger partial charge in [-0.2, -0.15) is 0 Å². The molecule has 2 fully saturated rings. The first-order valence-electron chi connectivity index (χ1n) is 9.52. The molecule has 3 rings (SSSR count). The average molecular weight is 492 g/mol. The third kappa shape index (κ3) is 5.26. The summed E-state index contributed by atoms with van der Waals surface area (Å²) in [5.74, 6) is 1.48. The van der Waals surface area contributed by atoms with Crippen LogP contribution in [0.3, 0.4) is 0 Å². The van der Waals surface area contributed by atoms with E-state index in [-0.39, 0.29) is 24.0 Å². The maximum absolute atomic E-state index is 6.02. The Balaban J connectivity index is 0.00000243. The summed E-state index contributed by atoms with van der Waals surface area (Å²) in [5.41, 5.74) is 1.67. The fourth-order valence-electron chi connectivity index (χ4n) is 3.91. The lowest BCUT2D eigenvalue weighted by molar-refractivity contribution is 0.156. The van der Waals surface area contributed by atoms with Gasteiger partial charge < -0.3 is 15.0 Å². The van der Waals surface area contributed by atoms with E-state index < -0.39 is 0 Å². The van der Waals surface area contributed by atoms with Crippen LogP contribution in [0.2, 0.25) is 5.02 Å². The topological polar surface area (TPSA) is 36.9 Å². The minimum atomic E-state index is 0. The van der Waals surface area contributed by atoms with Crippen LogP contribution in [0.1, 0.15) is 44.6 Å². The van der Waals surface area contributed by atoms with Crippen LogP contribution in [-0.4, -0.2) is 50.3 Å². The van der Waals surface area contributed by atoms with Crippen LogP contribution in [0.25, 0.3) is 0 Å². The van der Waals surface area contributed by atoms with Crippen LogP contribution in [-0.2, 0) is 4.74 Å². The highest BCUT2D eigenvalue weighted by Gasteiger charge is 2.42. The first kappa shape index (κ1) is 21.8. The Labute approximate surface area is 179 Å². The number of guanidine groups is 1. The minimum absolute atomic E-state index is 0. The van der Waals surface area contributed by atoms with Gasteiger partial charge >= 0.3 is 0 Å². The van der Waals surface area contributed by atoms with Gasteiger partial charge in [-0.3, -0.25) is 4.99 Å². The van der Waals surface area contributed by atoms with Crippen LogP contribution >= 0.6 is 35.6 Å². The second kappa shape index (κ2) is 10.1. The molecule has 1 N–H and O–H groups in total. The van der Waals surface area contributed by atoms with Gasteiger partial charge in [0.1, 0.15) is 0 Å². The van der Waals surface area contributed by atoms with Gasteiger partial charge in [0.15, 0.2) is 5.96 Å². The number of nitrogens with one attached hydrogen (secondary N) is 1. The standard InChI is InChI=1S/C20H30ClN3O.HI/c1-3-16(17-5-7-18(21)8-6-17)13-23-19(22-4-2)24-11-9-20(14-24)10-12-25-15-20;/h5-8,16H,3-4,9-15H2,1-2H3,(H,22,23);1H. The van der Waals surface area contributed by atoms with Gasteiger partial charge in [-0.1, -0.05) is 30.7 Å². The predicted molar refractivity (Wildman–Crippen MR) is 120 cm³/mol. The van der Waals surface area contributed by atoms with E-state index in [1.807, 2.05) is 12.1 Å². The lowest BCUT2D eigenvalue weighted by Crippen LogP contribution is -2.41. The maximum Gasteiger partial charge on any atom is 0.193 e. The van der Waals surface area contributed by atoms with Crippen molar-refractivity contribution in [3.63, 3.8) is 0 Å². The van der Waals surface area contributed by atoms with Gasteiger partial charge in [-0.25, -0.2) is 0 Å². The van der Waals surface area contributed by atoms with E-state index in [4.69, 9.17) is 21.3 Å². The minimum Gasteiger partial charge on any atom is -0.381 e. The Bertz CT molecular complexity index is 587. The highest BCUT2D eigenvalue weighted by molar-refractivity contribution is 14.0. The third-order valence-electron chi connectivity index (χ3n) is 5.55. The number of hydrogen-bond donors (Lipinski definition) is 1. The number of aliphatic imine (C=N–C) groups is 1. The number of hydrogen-bond acceptors (Lipinski definition) is 2. The quantitative estimate of drug-likeness (QED) is 0.374. The van der Waals surface area contributed by atoms with Crippen LogP contribution in [0.15, 0.2) is 29.3 Å². The van der Waals surface area contributed by atoms with Gasteiger partial charge in [0, 0.05) is 49.1 Å². The van der Waals surface area contributed by atoms with E-state index >= 15 is 0 Å². The van der Waals surface area contributed by atoms with E-state index in [0.717, 1.165) is 56.8 Å². The first-order chi connectivity index (χ1) is 12.2. The fraction of sp³-hybridized carbons (Fsp3) is 0.650. The summed E-state index contributed by atoms with van der Waals surface area (Å²) in [6.07, 6.45) is 3.47. The van der Waals surface area contributed by atoms with Crippen molar-refractivity contribution in [3.8, 4) is 0 Å². The summed E-state index contributed by atoms with van der Waals surface area (Å²) in [5, 5.41) is 4.27. The van der Waals surface area contributed by atoms with Crippen molar-refractivity contribution in [2.24, 2.45) is 10.4 Å². The highest BCUT2D eigenvalue weighted by atomic mass is 127. The molecule has 0 radical (unpaired) electrons. The molecule has 6 heteroatoms. The molecule has 1 spiro atoms. The van der Waals surface area contributed by atoms with Crippen molar-refractivity contribution in [2.45, 2.75) is 39.0 Å². The van der Waals surface area contributed by atoms with Crippen LogP contribution in [0, 0.1) is 5.41 Å². The average Bonchev–Trinajstić information content (AvgIpc) is 3.26. The van der Waals surface area contributed by atoms with Crippen molar-refractivity contribution < 1.29 is 4.74 Å². The smallest absolute Gasteiger partial charge is 0.193 e. The zero-order valence-corrected chi connectivity index (χ0v) is 18.9. The number of halogens is 2. The van der Waals surface area contributed by atoms with Crippen molar-refractivity contribution in [1.29, 1.82) is 0 Å². The second-order valence-corrected chi connectivity index (χ2v) is 7.76. The summed E-state index contributed by atoms with van der Waals surface area (Å²) in [6, 6.07) is 8.19. The van der Waals surface area contributed by atoms with Crippen molar-refractivity contribution in [3.05, 3.63) is 34.9 Å². The van der Waals surface area contributed by atoms with E-state index in [1.54, 1.807) is 0 Å². The molecule has 0 saturated carbocycles. The van der Waals surface area contributed by atoms with Crippen LogP contribution in [0.4, 0.5) is 0 Å². The van der Waals surface area contributed by atoms with Gasteiger partial charge in [0.05, 0.1) is 6.61 Å². The first-order valence-corrected chi connectivity index (χ1v) is 9.90. The Hall–Kier alpha value is -0.530. The molecule has 0 amide bonds. The molecule has 0 aromatic heterocycles. The van der Waals surface area contributed by atoms with Crippen molar-refractivity contribution in [1.82, 2.24) is 10.2 Å². The van der Waals surface area contributed by atoms with Crippen molar-refractivity contribution in [2.75, 3.05) is 39.4 Å². The Morgan fingerprint density at radius 3 is 2.69 bits per heavy atom. The molecule has 26 heavy (non-hydrogen) atoms. The lowest BCUT2D eigenvalue weighted by Gasteiger charge is -2.25. The summed E-state index contributed by atoms with van der Waals surface area (Å²) >= 11 is 6.02. The Kier molecular flexibility index (Phi) is 8.48. The molecule has 0 bridgehead atoms. The predicted octanol–water partition coefficient (Wildman–Crippen LogP) is 4.53. The number of rotatable bonds is 5. The Morgan fingerprint density at radius 2 is 2.08 bits per heavy atom. The maximum atomic E-state index is 6.02. The summed E-state index contributed by atoms with van der Waals surface area (Å²) in [7, 11) is 0. The molecular formula is C20H31ClIN3O. The molecule has 2 heterocycles. The molecule has 2 unspecified atom stereocenters. The molecule has 0 aliphatic carbocycles. The zero-order chi connectivity index (χ0) is 17.7. The SMILES string of the molecule is CCNC(=NCC(CC)c1ccc(Cl)cc1)N1CCC2(CCOC2)C1.I. The van der Waals surface area contributed by atoms with Gasteiger partial charge in [0.2, 0.25) is 0 Å². The zero-order valence-electron chi connectivity index (χ0n) is 15.8. The fourth-order valence-corrected chi connectivity index (χ4v) is 4.04. The molecule has 2 aliphatic rings. The number of benzene rings is 1. The number of likely N-dealkylation sites (tertiary alicyclic amines) is 1. The van der Waals surface area contributed by atoms with Gasteiger partial charge in [0.25, 0.3) is 0 Å². The second-order valence-electron chi connectivity index (χ2n) is 7.33. The Morgan fingerprint density at radius 1 is 1.31 bits per heavy atom. The largest absolute Gasteiger partial charge is 0.381 e. The molecule has 1 aromatic carbocycles.